The summed E-state index contributed by atoms with van der Waals surface area (Å²) in [6.07, 6.45) is 2.55. The van der Waals surface area contributed by atoms with E-state index in [2.05, 4.69) is 0 Å². The van der Waals surface area contributed by atoms with Gasteiger partial charge in [-0.1, -0.05) is 6.07 Å². The Morgan fingerprint density at radius 3 is 2.57 bits per heavy atom. The third-order valence-electron chi connectivity index (χ3n) is 4.66. The lowest BCUT2D eigenvalue weighted by molar-refractivity contribution is -0.118. The number of ether oxygens (including phenoxy) is 1. The number of halogens is 1. The van der Waals surface area contributed by atoms with Gasteiger partial charge in [-0.15, -0.1) is 0 Å². The number of aliphatic hydroxyl groups excluding tert-OH is 1. The third-order valence-corrected chi connectivity index (χ3v) is 4.66. The molecule has 1 N–H and O–H groups in total. The minimum Gasteiger partial charge on any atom is -0.512 e. The van der Waals surface area contributed by atoms with E-state index in [4.69, 9.17) is 4.74 Å². The molecule has 21 heavy (non-hydrogen) atoms. The fourth-order valence-electron chi connectivity index (χ4n) is 3.47. The molecule has 1 aromatic rings. The number of aryl methyl sites for hydroxylation is 1. The summed E-state index contributed by atoms with van der Waals surface area (Å²) >= 11 is 0. The van der Waals surface area contributed by atoms with Crippen LogP contribution in [0, 0.1) is 18.2 Å². The molecule has 112 valence electrons. The van der Waals surface area contributed by atoms with Crippen LogP contribution in [0.4, 0.5) is 4.39 Å². The lowest BCUT2D eigenvalue weighted by Gasteiger charge is -2.39. The van der Waals surface area contributed by atoms with Gasteiger partial charge in [-0.2, -0.15) is 0 Å². The van der Waals surface area contributed by atoms with Crippen LogP contribution in [-0.4, -0.2) is 24.1 Å². The first-order valence-corrected chi connectivity index (χ1v) is 7.30. The molecule has 3 nitrogen and oxygen atoms in total. The molecule has 0 unspecified atom stereocenters. The van der Waals surface area contributed by atoms with Crippen LogP contribution >= 0.6 is 0 Å². The number of allylic oxidation sites excluding steroid dienone is 2. The molecule has 0 radical (unpaired) electrons. The number of rotatable bonds is 1. The maximum absolute atomic E-state index is 13.2. The molecule has 1 spiro atoms. The topological polar surface area (TPSA) is 46.5 Å². The van der Waals surface area contributed by atoms with Crippen molar-refractivity contribution in [3.63, 3.8) is 0 Å². The quantitative estimate of drug-likeness (QED) is 0.860. The van der Waals surface area contributed by atoms with Crippen LogP contribution in [0.5, 0.6) is 0 Å². The van der Waals surface area contributed by atoms with Crippen molar-refractivity contribution < 1.29 is 19.0 Å². The van der Waals surface area contributed by atoms with Crippen LogP contribution in [0.15, 0.2) is 24.0 Å². The highest BCUT2D eigenvalue weighted by Gasteiger charge is 2.41. The number of benzene rings is 1. The fraction of sp³-hybridized carbons (Fsp3) is 0.471. The van der Waals surface area contributed by atoms with Crippen molar-refractivity contribution in [1.82, 2.24) is 0 Å². The summed E-state index contributed by atoms with van der Waals surface area (Å²) < 4.78 is 18.6. The van der Waals surface area contributed by atoms with E-state index >= 15 is 0 Å². The van der Waals surface area contributed by atoms with Crippen molar-refractivity contribution in [2.24, 2.45) is 5.41 Å². The number of carbonyl (C=O) groups is 1. The van der Waals surface area contributed by atoms with Crippen molar-refractivity contribution in [3.05, 3.63) is 40.9 Å². The lowest BCUT2D eigenvalue weighted by Crippen LogP contribution is -2.36. The van der Waals surface area contributed by atoms with Gasteiger partial charge in [0.05, 0.1) is 5.57 Å². The number of aliphatic hydroxyl groups is 1. The third kappa shape index (κ3) is 2.60. The van der Waals surface area contributed by atoms with Crippen LogP contribution in [0.2, 0.25) is 0 Å². The number of ketones is 1. The zero-order chi connectivity index (χ0) is 15.0. The van der Waals surface area contributed by atoms with E-state index in [-0.39, 0.29) is 22.8 Å². The summed E-state index contributed by atoms with van der Waals surface area (Å²) in [4.78, 5) is 12.6. The molecule has 0 aromatic heterocycles. The fourth-order valence-corrected chi connectivity index (χ4v) is 3.47. The van der Waals surface area contributed by atoms with Crippen LogP contribution in [0.3, 0.4) is 0 Å². The molecule has 0 amide bonds. The van der Waals surface area contributed by atoms with Crippen molar-refractivity contribution in [1.29, 1.82) is 0 Å². The Labute approximate surface area is 123 Å². The molecule has 1 fully saturated rings. The summed E-state index contributed by atoms with van der Waals surface area (Å²) in [5.74, 6) is -0.237. The normalized spacial score (nSPS) is 21.9. The van der Waals surface area contributed by atoms with E-state index < -0.39 is 0 Å². The maximum atomic E-state index is 13.2. The molecule has 1 aromatic carbocycles. The van der Waals surface area contributed by atoms with Gasteiger partial charge in [0.1, 0.15) is 11.6 Å². The predicted molar refractivity (Wildman–Crippen MR) is 77.4 cm³/mol. The summed E-state index contributed by atoms with van der Waals surface area (Å²) in [5.41, 5.74) is 1.52. The molecule has 1 aliphatic heterocycles. The summed E-state index contributed by atoms with van der Waals surface area (Å²) in [6.45, 7) is 3.04. The second-order valence-electron chi connectivity index (χ2n) is 6.17. The zero-order valence-corrected chi connectivity index (χ0v) is 12.1. The molecule has 0 saturated carbocycles. The van der Waals surface area contributed by atoms with E-state index in [0.29, 0.717) is 42.8 Å². The zero-order valence-electron chi connectivity index (χ0n) is 12.1. The molecule has 1 saturated heterocycles. The first-order chi connectivity index (χ1) is 10.0. The number of hydrogen-bond donors (Lipinski definition) is 1. The Kier molecular flexibility index (Phi) is 3.57. The van der Waals surface area contributed by atoms with Gasteiger partial charge in [0, 0.05) is 26.1 Å². The van der Waals surface area contributed by atoms with Gasteiger partial charge in [0.2, 0.25) is 0 Å². The van der Waals surface area contributed by atoms with Crippen LogP contribution in [0.1, 0.15) is 36.8 Å². The number of carbonyl (C=O) groups excluding carboxylic acids is 1. The van der Waals surface area contributed by atoms with Crippen LogP contribution < -0.4 is 0 Å². The van der Waals surface area contributed by atoms with Gasteiger partial charge >= 0.3 is 0 Å². The molecule has 1 aliphatic carbocycles. The molecule has 2 aliphatic rings. The van der Waals surface area contributed by atoms with Crippen molar-refractivity contribution in [2.45, 2.75) is 32.6 Å². The first kappa shape index (κ1) is 14.3. The Morgan fingerprint density at radius 2 is 1.95 bits per heavy atom. The van der Waals surface area contributed by atoms with Gasteiger partial charge in [-0.3, -0.25) is 4.79 Å². The van der Waals surface area contributed by atoms with Crippen molar-refractivity contribution in [3.8, 4) is 0 Å². The Morgan fingerprint density at radius 1 is 1.24 bits per heavy atom. The smallest absolute Gasteiger partial charge is 0.167 e. The summed E-state index contributed by atoms with van der Waals surface area (Å²) in [6, 6.07) is 4.30. The molecular formula is C17H19FO3. The van der Waals surface area contributed by atoms with E-state index in [9.17, 15) is 14.3 Å². The SMILES string of the molecule is Cc1cc(F)ccc1C1=C(O)CC2(CCOCC2)CC1=O. The average Bonchev–Trinajstić information content (AvgIpc) is 2.41. The monoisotopic (exact) mass is 290 g/mol. The minimum absolute atomic E-state index is 0.0460. The molecule has 4 heteroatoms. The van der Waals surface area contributed by atoms with Crippen LogP contribution in [0.25, 0.3) is 5.57 Å². The average molecular weight is 290 g/mol. The van der Waals surface area contributed by atoms with Gasteiger partial charge in [0.25, 0.3) is 0 Å². The van der Waals surface area contributed by atoms with E-state index in [0.717, 1.165) is 12.8 Å². The molecule has 0 atom stereocenters. The van der Waals surface area contributed by atoms with Crippen LogP contribution in [-0.2, 0) is 9.53 Å². The van der Waals surface area contributed by atoms with E-state index in [1.165, 1.54) is 12.1 Å². The van der Waals surface area contributed by atoms with E-state index in [1.807, 2.05) is 0 Å². The number of hydrogen-bond acceptors (Lipinski definition) is 3. The van der Waals surface area contributed by atoms with Crippen molar-refractivity contribution in [2.75, 3.05) is 13.2 Å². The second kappa shape index (κ2) is 5.26. The highest BCUT2D eigenvalue weighted by molar-refractivity contribution is 6.22. The molecule has 0 bridgehead atoms. The molecular weight excluding hydrogens is 271 g/mol. The second-order valence-corrected chi connectivity index (χ2v) is 6.17. The highest BCUT2D eigenvalue weighted by atomic mass is 19.1. The number of Topliss-reactive ketones (excluding diaryl/α,β-unsaturated/α-hetero) is 1. The van der Waals surface area contributed by atoms with Crippen molar-refractivity contribution >= 4 is 11.4 Å². The lowest BCUT2D eigenvalue weighted by atomic mass is 9.68. The van der Waals surface area contributed by atoms with Gasteiger partial charge in [0.15, 0.2) is 5.78 Å². The van der Waals surface area contributed by atoms with Gasteiger partial charge in [-0.05, 0) is 48.4 Å². The Balaban J connectivity index is 1.99. The summed E-state index contributed by atoms with van der Waals surface area (Å²) in [5, 5.41) is 10.4. The molecule has 3 rings (SSSR count). The largest absolute Gasteiger partial charge is 0.512 e. The Hall–Kier alpha value is -1.68. The maximum Gasteiger partial charge on any atom is 0.167 e. The molecule has 1 heterocycles. The standard InChI is InChI=1S/C17H19FO3/c1-11-8-12(18)2-3-13(11)16-14(19)9-17(10-15(16)20)4-6-21-7-5-17/h2-3,8,19H,4-7,9-10H2,1H3. The minimum atomic E-state index is -0.333. The van der Waals surface area contributed by atoms with Gasteiger partial charge in [-0.25, -0.2) is 4.39 Å². The van der Waals surface area contributed by atoms with Gasteiger partial charge < -0.3 is 9.84 Å². The van der Waals surface area contributed by atoms with E-state index in [1.54, 1.807) is 13.0 Å². The summed E-state index contributed by atoms with van der Waals surface area (Å²) in [7, 11) is 0. The highest BCUT2D eigenvalue weighted by Crippen LogP contribution is 2.46. The first-order valence-electron chi connectivity index (χ1n) is 7.30. The Bertz CT molecular complexity index is 612. The predicted octanol–water partition coefficient (Wildman–Crippen LogP) is 3.56.